The van der Waals surface area contributed by atoms with Gasteiger partial charge in [-0.15, -0.1) is 0 Å². The van der Waals surface area contributed by atoms with E-state index in [2.05, 4.69) is 10.3 Å². The maximum Gasteiger partial charge on any atom is 0.328 e. The summed E-state index contributed by atoms with van der Waals surface area (Å²) in [7, 11) is 0. The second-order valence-electron chi connectivity index (χ2n) is 3.97. The Morgan fingerprint density at radius 3 is 2.53 bits per heavy atom. The number of aliphatic hydroxyl groups excluding tert-OH is 1. The van der Waals surface area contributed by atoms with Gasteiger partial charge >= 0.3 is 5.97 Å². The molecule has 0 spiro atoms. The molecule has 0 saturated carbocycles. The van der Waals surface area contributed by atoms with Gasteiger partial charge < -0.3 is 15.5 Å². The summed E-state index contributed by atoms with van der Waals surface area (Å²) < 4.78 is 0. The quantitative estimate of drug-likeness (QED) is 0.692. The van der Waals surface area contributed by atoms with E-state index >= 15 is 0 Å². The highest BCUT2D eigenvalue weighted by atomic mass is 16.4. The number of carbonyl (C=O) groups excluding carboxylic acids is 1. The predicted octanol–water partition coefficient (Wildman–Crippen LogP) is -0.174. The standard InChI is InChI=1S/C12H13N3O4/c1-6-8(5-13)3-4-9(14-6)11(17)15-10(7(2)16)12(18)19/h3-4,7,10,16H,1-2H3,(H,15,17)(H,18,19)/t7-,10+/m1/s1. The molecule has 1 heterocycles. The third-order valence-electron chi connectivity index (χ3n) is 2.47. The fourth-order valence-corrected chi connectivity index (χ4v) is 1.41. The summed E-state index contributed by atoms with van der Waals surface area (Å²) >= 11 is 0. The van der Waals surface area contributed by atoms with Crippen molar-refractivity contribution in [2.75, 3.05) is 0 Å². The van der Waals surface area contributed by atoms with Crippen LogP contribution in [0, 0.1) is 18.3 Å². The molecular weight excluding hydrogens is 250 g/mol. The lowest BCUT2D eigenvalue weighted by Crippen LogP contribution is -2.47. The maximum atomic E-state index is 11.8. The molecule has 0 saturated heterocycles. The first kappa shape index (κ1) is 14.6. The van der Waals surface area contributed by atoms with Crippen LogP contribution in [0.5, 0.6) is 0 Å². The fraction of sp³-hybridized carbons (Fsp3) is 0.333. The number of nitrogens with one attached hydrogen (secondary N) is 1. The van der Waals surface area contributed by atoms with Crippen molar-refractivity contribution < 1.29 is 19.8 Å². The molecule has 0 aliphatic heterocycles. The zero-order valence-electron chi connectivity index (χ0n) is 10.4. The molecular formula is C12H13N3O4. The smallest absolute Gasteiger partial charge is 0.328 e. The molecule has 0 radical (unpaired) electrons. The van der Waals surface area contributed by atoms with Gasteiger partial charge in [-0.25, -0.2) is 9.78 Å². The number of carboxylic acid groups (broad SMARTS) is 1. The number of aryl methyl sites for hydroxylation is 1. The van der Waals surface area contributed by atoms with Crippen molar-refractivity contribution in [2.45, 2.75) is 26.0 Å². The molecule has 1 amide bonds. The minimum absolute atomic E-state index is 0.0107. The fourth-order valence-electron chi connectivity index (χ4n) is 1.41. The normalized spacial score (nSPS) is 13.2. The molecule has 0 bridgehead atoms. The number of amides is 1. The molecule has 100 valence electrons. The molecule has 1 aromatic heterocycles. The molecule has 3 N–H and O–H groups in total. The van der Waals surface area contributed by atoms with E-state index < -0.39 is 24.0 Å². The Morgan fingerprint density at radius 1 is 1.47 bits per heavy atom. The van der Waals surface area contributed by atoms with Crippen LogP contribution in [0.15, 0.2) is 12.1 Å². The summed E-state index contributed by atoms with van der Waals surface area (Å²) in [5.41, 5.74) is 0.698. The molecule has 1 aromatic rings. The Kier molecular flexibility index (Phi) is 4.56. The molecule has 7 nitrogen and oxygen atoms in total. The summed E-state index contributed by atoms with van der Waals surface area (Å²) in [6, 6.07) is 3.25. The van der Waals surface area contributed by atoms with Gasteiger partial charge in [-0.1, -0.05) is 0 Å². The van der Waals surface area contributed by atoms with Crippen molar-refractivity contribution in [1.82, 2.24) is 10.3 Å². The first-order valence-corrected chi connectivity index (χ1v) is 5.46. The second kappa shape index (κ2) is 5.93. The Balaban J connectivity index is 2.93. The summed E-state index contributed by atoms with van der Waals surface area (Å²) in [6.45, 7) is 2.83. The summed E-state index contributed by atoms with van der Waals surface area (Å²) in [5.74, 6) is -2.06. The van der Waals surface area contributed by atoms with Gasteiger partial charge in [0.2, 0.25) is 0 Å². The van der Waals surface area contributed by atoms with Gasteiger partial charge in [0.15, 0.2) is 6.04 Å². The first-order chi connectivity index (χ1) is 8.86. The van der Waals surface area contributed by atoms with Gasteiger partial charge in [0.05, 0.1) is 17.4 Å². The largest absolute Gasteiger partial charge is 0.480 e. The molecule has 7 heteroatoms. The van der Waals surface area contributed by atoms with Crippen molar-refractivity contribution in [1.29, 1.82) is 5.26 Å². The third-order valence-corrected chi connectivity index (χ3v) is 2.47. The number of nitriles is 1. The number of carboxylic acids is 1. The maximum absolute atomic E-state index is 11.8. The second-order valence-corrected chi connectivity index (χ2v) is 3.97. The Morgan fingerprint density at radius 2 is 2.11 bits per heavy atom. The molecule has 19 heavy (non-hydrogen) atoms. The Bertz CT molecular complexity index is 548. The Labute approximate surface area is 109 Å². The van der Waals surface area contributed by atoms with E-state index in [-0.39, 0.29) is 5.69 Å². The monoisotopic (exact) mass is 263 g/mol. The lowest BCUT2D eigenvalue weighted by Gasteiger charge is -2.16. The van der Waals surface area contributed by atoms with Crippen LogP contribution in [0.25, 0.3) is 0 Å². The molecule has 0 aliphatic carbocycles. The van der Waals surface area contributed by atoms with Crippen LogP contribution >= 0.6 is 0 Å². The van der Waals surface area contributed by atoms with Gasteiger partial charge in [0.25, 0.3) is 5.91 Å². The molecule has 0 aliphatic rings. The van der Waals surface area contributed by atoms with Crippen LogP contribution in [0.3, 0.4) is 0 Å². The van der Waals surface area contributed by atoms with Crippen LogP contribution in [0.2, 0.25) is 0 Å². The average molecular weight is 263 g/mol. The van der Waals surface area contributed by atoms with Crippen LogP contribution in [-0.2, 0) is 4.79 Å². The lowest BCUT2D eigenvalue weighted by atomic mass is 10.1. The van der Waals surface area contributed by atoms with Crippen LogP contribution in [0.4, 0.5) is 0 Å². The number of aliphatic hydroxyl groups is 1. The van der Waals surface area contributed by atoms with Crippen LogP contribution in [-0.4, -0.2) is 39.2 Å². The van der Waals surface area contributed by atoms with Crippen molar-refractivity contribution in [3.05, 3.63) is 29.1 Å². The number of nitrogens with zero attached hydrogens (tertiary/aromatic N) is 2. The van der Waals surface area contributed by atoms with Crippen LogP contribution < -0.4 is 5.32 Å². The summed E-state index contributed by atoms with van der Waals surface area (Å²) in [5, 5.41) is 29.0. The van der Waals surface area contributed by atoms with E-state index in [1.165, 1.54) is 19.1 Å². The van der Waals surface area contributed by atoms with Gasteiger partial charge in [-0.05, 0) is 26.0 Å². The van der Waals surface area contributed by atoms with E-state index in [1.807, 2.05) is 6.07 Å². The molecule has 0 aromatic carbocycles. The van der Waals surface area contributed by atoms with Crippen LogP contribution in [0.1, 0.15) is 28.7 Å². The minimum atomic E-state index is -1.41. The van der Waals surface area contributed by atoms with Gasteiger partial charge in [0, 0.05) is 0 Å². The van der Waals surface area contributed by atoms with Crippen molar-refractivity contribution in [3.63, 3.8) is 0 Å². The molecule has 0 unspecified atom stereocenters. The zero-order chi connectivity index (χ0) is 14.6. The number of aliphatic carboxylic acids is 1. The number of carbonyl (C=O) groups is 2. The number of hydrogen-bond acceptors (Lipinski definition) is 5. The Hall–Kier alpha value is -2.46. The van der Waals surface area contributed by atoms with E-state index in [9.17, 15) is 14.7 Å². The highest BCUT2D eigenvalue weighted by Crippen LogP contribution is 2.06. The highest BCUT2D eigenvalue weighted by Gasteiger charge is 2.25. The van der Waals surface area contributed by atoms with Crippen molar-refractivity contribution >= 4 is 11.9 Å². The van der Waals surface area contributed by atoms with E-state index in [1.54, 1.807) is 6.92 Å². The molecule has 0 fully saturated rings. The van der Waals surface area contributed by atoms with E-state index in [0.29, 0.717) is 11.3 Å². The van der Waals surface area contributed by atoms with Crippen molar-refractivity contribution in [3.8, 4) is 6.07 Å². The van der Waals surface area contributed by atoms with Gasteiger partial charge in [-0.3, -0.25) is 4.79 Å². The number of rotatable bonds is 4. The summed E-state index contributed by atoms with van der Waals surface area (Å²) in [6.07, 6.45) is -1.24. The molecule has 2 atom stereocenters. The predicted molar refractivity (Wildman–Crippen MR) is 64.3 cm³/mol. The highest BCUT2D eigenvalue weighted by molar-refractivity contribution is 5.95. The lowest BCUT2D eigenvalue weighted by molar-refractivity contribution is -0.141. The average Bonchev–Trinajstić information content (AvgIpc) is 2.34. The number of aromatic nitrogens is 1. The zero-order valence-corrected chi connectivity index (χ0v) is 10.4. The SMILES string of the molecule is Cc1nc(C(=O)N[C@H](C(=O)O)[C@@H](C)O)ccc1C#N. The minimum Gasteiger partial charge on any atom is -0.480 e. The third kappa shape index (κ3) is 3.50. The number of pyridine rings is 1. The van der Waals surface area contributed by atoms with Gasteiger partial charge in [0.1, 0.15) is 11.8 Å². The van der Waals surface area contributed by atoms with E-state index in [0.717, 1.165) is 0 Å². The van der Waals surface area contributed by atoms with E-state index in [4.69, 9.17) is 10.4 Å². The van der Waals surface area contributed by atoms with Gasteiger partial charge in [-0.2, -0.15) is 5.26 Å². The summed E-state index contributed by atoms with van der Waals surface area (Å²) in [4.78, 5) is 26.5. The first-order valence-electron chi connectivity index (χ1n) is 5.46. The van der Waals surface area contributed by atoms with Crippen molar-refractivity contribution in [2.24, 2.45) is 0 Å². The topological polar surface area (TPSA) is 123 Å². The molecule has 1 rings (SSSR count). The number of hydrogen-bond donors (Lipinski definition) is 3.